The number of hydrogen-bond acceptors (Lipinski definition) is 0. The zero-order valence-corrected chi connectivity index (χ0v) is 29.1. The van der Waals surface area contributed by atoms with Crippen molar-refractivity contribution >= 4 is 13.3 Å². The van der Waals surface area contributed by atoms with Gasteiger partial charge >= 0.3 is 21.7 Å². The van der Waals surface area contributed by atoms with Crippen LogP contribution in [0.25, 0.3) is 0 Å². The van der Waals surface area contributed by atoms with Crippen molar-refractivity contribution in [2.24, 2.45) is 0 Å². The second-order valence-electron chi connectivity index (χ2n) is 10.8. The molecule has 0 aromatic heterocycles. The summed E-state index contributed by atoms with van der Waals surface area (Å²) in [6, 6.07) is 12.8. The van der Waals surface area contributed by atoms with E-state index in [4.69, 9.17) is 0 Å². The van der Waals surface area contributed by atoms with Crippen molar-refractivity contribution in [2.45, 2.75) is 143 Å². The van der Waals surface area contributed by atoms with Gasteiger partial charge in [0.2, 0.25) is 0 Å². The number of allylic oxidation sites excluding steroid dienone is 4. The van der Waals surface area contributed by atoms with Crippen LogP contribution in [0.4, 0.5) is 0 Å². The third kappa shape index (κ3) is 15.8. The smallest absolute Gasteiger partial charge is 1.00 e. The van der Waals surface area contributed by atoms with Crippen LogP contribution in [-0.2, 0) is 21.7 Å². The van der Waals surface area contributed by atoms with Crippen LogP contribution in [0, 0.1) is 6.08 Å². The molecule has 1 aromatic carbocycles. The Kier molecular flexibility index (Phi) is 28.9. The van der Waals surface area contributed by atoms with Gasteiger partial charge in [0.05, 0.1) is 8.07 Å². The molecule has 0 amide bonds. The summed E-state index contributed by atoms with van der Waals surface area (Å²) in [6.45, 7) is 9.51. The minimum absolute atomic E-state index is 0. The molecule has 0 spiro atoms. The quantitative estimate of drug-likeness (QED) is 0.124. The minimum Gasteiger partial charge on any atom is -1.00 e. The van der Waals surface area contributed by atoms with E-state index in [1.54, 1.807) is 16.0 Å². The molecule has 0 heterocycles. The molecule has 0 N–H and O–H groups in total. The molecule has 1 aliphatic rings. The maximum absolute atomic E-state index is 3.63. The fourth-order valence-corrected chi connectivity index (χ4v) is 9.94. The molecule has 0 saturated carbocycles. The summed E-state index contributed by atoms with van der Waals surface area (Å²) in [5.74, 6) is 0. The molecule has 5 heteroatoms. The van der Waals surface area contributed by atoms with Crippen molar-refractivity contribution < 1.29 is 58.9 Å². The van der Waals surface area contributed by atoms with Crippen LogP contribution in [0.15, 0.2) is 46.7 Å². The zero-order chi connectivity index (χ0) is 23.8. The number of hydrogen-bond donors (Lipinski definition) is 0. The van der Waals surface area contributed by atoms with Crippen molar-refractivity contribution in [3.8, 4) is 0 Å². The van der Waals surface area contributed by atoms with E-state index < -0.39 is 8.07 Å². The van der Waals surface area contributed by atoms with Gasteiger partial charge in [-0.15, -0.1) is 13.3 Å². The molecule has 0 fully saturated rings. The Hall–Kier alpha value is 0.501. The standard InChI is InChI=1S/C32H53Si.3ClH.Ti/c1-5-6-7-8-9-10-11-12-13-14-15-16-17-18-19-23-28-33(4,31-24-21-20-22-25-31)32-27-26-29(2)30(32)3;;;;/h20-22,24-25H,5-19,23,27-28H2,1-4H3;3*1H;/q-1;;;;+4/p-3. The summed E-state index contributed by atoms with van der Waals surface area (Å²) >= 11 is 0. The summed E-state index contributed by atoms with van der Waals surface area (Å²) in [4.78, 5) is 0. The van der Waals surface area contributed by atoms with Crippen LogP contribution in [0.1, 0.15) is 130 Å². The Labute approximate surface area is 265 Å². The third-order valence-corrected chi connectivity index (χ3v) is 13.0. The first kappa shape index (κ1) is 42.0. The molecule has 37 heavy (non-hydrogen) atoms. The van der Waals surface area contributed by atoms with Crippen LogP contribution in [0.5, 0.6) is 0 Å². The maximum Gasteiger partial charge on any atom is 4.00 e. The van der Waals surface area contributed by atoms with Crippen LogP contribution >= 0.6 is 0 Å². The molecular weight excluding hydrogens is 567 g/mol. The molecule has 1 aliphatic carbocycles. The Morgan fingerprint density at radius 1 is 0.649 bits per heavy atom. The monoisotopic (exact) mass is 618 g/mol. The number of rotatable bonds is 19. The van der Waals surface area contributed by atoms with Gasteiger partial charge in [0.25, 0.3) is 0 Å². The molecule has 1 unspecified atom stereocenters. The van der Waals surface area contributed by atoms with Gasteiger partial charge in [-0.2, -0.15) is 5.20 Å². The van der Waals surface area contributed by atoms with E-state index in [9.17, 15) is 0 Å². The fourth-order valence-electron chi connectivity index (χ4n) is 5.62. The Morgan fingerprint density at radius 2 is 1.05 bits per heavy atom. The molecule has 210 valence electrons. The largest absolute Gasteiger partial charge is 4.00 e. The van der Waals surface area contributed by atoms with Crippen LogP contribution in [-0.4, -0.2) is 8.07 Å². The summed E-state index contributed by atoms with van der Waals surface area (Å²) < 4.78 is 0. The number of unbranched alkanes of at least 4 members (excludes halogenated alkanes) is 15. The van der Waals surface area contributed by atoms with Gasteiger partial charge in [0.15, 0.2) is 0 Å². The van der Waals surface area contributed by atoms with Crippen molar-refractivity contribution in [2.75, 3.05) is 0 Å². The van der Waals surface area contributed by atoms with Gasteiger partial charge in [-0.05, 0) is 0 Å². The zero-order valence-electron chi connectivity index (χ0n) is 24.2. The van der Waals surface area contributed by atoms with E-state index in [0.717, 1.165) is 6.42 Å². The van der Waals surface area contributed by atoms with Crippen LogP contribution < -0.4 is 42.4 Å². The van der Waals surface area contributed by atoms with Gasteiger partial charge in [-0.1, -0.05) is 165 Å². The van der Waals surface area contributed by atoms with E-state index in [1.807, 2.05) is 0 Å². The molecule has 1 aromatic rings. The molecule has 1 atom stereocenters. The molecule has 0 saturated heterocycles. The molecule has 0 nitrogen and oxygen atoms in total. The topological polar surface area (TPSA) is 0 Å². The average molecular weight is 620 g/mol. The third-order valence-electron chi connectivity index (χ3n) is 8.15. The predicted octanol–water partition coefficient (Wildman–Crippen LogP) is 1.25. The van der Waals surface area contributed by atoms with Gasteiger partial charge in [-0.25, -0.2) is 11.1 Å². The number of halogens is 3. The van der Waals surface area contributed by atoms with E-state index in [0.29, 0.717) is 0 Å². The Balaban J connectivity index is -0.00000289. The maximum atomic E-state index is 3.63. The van der Waals surface area contributed by atoms with Crippen molar-refractivity contribution in [3.63, 3.8) is 0 Å². The van der Waals surface area contributed by atoms with E-state index in [2.05, 4.69) is 63.7 Å². The molecule has 2 rings (SSSR count). The normalized spacial score (nSPS) is 14.0. The minimum atomic E-state index is -1.61. The van der Waals surface area contributed by atoms with Gasteiger partial charge < -0.3 is 37.2 Å². The van der Waals surface area contributed by atoms with Crippen LogP contribution in [0.2, 0.25) is 12.6 Å². The van der Waals surface area contributed by atoms with Crippen molar-refractivity contribution in [3.05, 3.63) is 52.8 Å². The van der Waals surface area contributed by atoms with Gasteiger partial charge in [0, 0.05) is 0 Å². The first-order valence-corrected chi connectivity index (χ1v) is 17.1. The van der Waals surface area contributed by atoms with E-state index in [-0.39, 0.29) is 58.9 Å². The fraction of sp³-hybridized carbons (Fsp3) is 0.688. The second kappa shape index (κ2) is 25.5. The first-order chi connectivity index (χ1) is 16.1. The van der Waals surface area contributed by atoms with Crippen molar-refractivity contribution in [1.29, 1.82) is 0 Å². The Morgan fingerprint density at radius 3 is 1.43 bits per heavy atom. The van der Waals surface area contributed by atoms with Crippen molar-refractivity contribution in [1.82, 2.24) is 0 Å². The molecule has 0 radical (unpaired) electrons. The van der Waals surface area contributed by atoms with E-state index in [1.165, 1.54) is 114 Å². The van der Waals surface area contributed by atoms with Crippen LogP contribution in [0.3, 0.4) is 0 Å². The number of benzene rings is 1. The summed E-state index contributed by atoms with van der Waals surface area (Å²) in [5, 5.41) is 3.36. The summed E-state index contributed by atoms with van der Waals surface area (Å²) in [6.07, 6.45) is 27.8. The first-order valence-electron chi connectivity index (χ1n) is 14.4. The second-order valence-corrected chi connectivity index (χ2v) is 15.2. The van der Waals surface area contributed by atoms with E-state index >= 15 is 0 Å². The molecule has 0 aliphatic heterocycles. The molecule has 0 bridgehead atoms. The SMILES string of the molecule is CCCCCCCCCCCCCCCCCC[Si](C)(C1=C(C)C(C)=[C-]C1)c1ccccc1.[Cl-].[Cl-].[Cl-].[Ti+4]. The average Bonchev–Trinajstić information content (AvgIpc) is 3.18. The predicted molar refractivity (Wildman–Crippen MR) is 152 cm³/mol. The Bertz CT molecular complexity index is 720. The molecular formula is C32H53Cl3SiTi. The van der Waals surface area contributed by atoms with Gasteiger partial charge in [-0.3, -0.25) is 6.08 Å². The summed E-state index contributed by atoms with van der Waals surface area (Å²) in [5.41, 5.74) is 2.94. The van der Waals surface area contributed by atoms with Gasteiger partial charge in [0.1, 0.15) is 0 Å². The summed E-state index contributed by atoms with van der Waals surface area (Å²) in [7, 11) is -1.61.